The van der Waals surface area contributed by atoms with Gasteiger partial charge in [0.05, 0.1) is 12.0 Å². The number of primary amides is 1. The van der Waals surface area contributed by atoms with Crippen molar-refractivity contribution in [1.82, 2.24) is 0 Å². The lowest BCUT2D eigenvalue weighted by molar-refractivity contribution is -0.125. The molecule has 4 nitrogen and oxygen atoms in total. The van der Waals surface area contributed by atoms with Gasteiger partial charge in [-0.3, -0.25) is 4.79 Å². The Morgan fingerprint density at radius 3 is 2.85 bits per heavy atom. The topological polar surface area (TPSA) is 89.3 Å². The van der Waals surface area contributed by atoms with Crippen molar-refractivity contribution >= 4 is 5.91 Å². The second kappa shape index (κ2) is 4.07. The van der Waals surface area contributed by atoms with Crippen LogP contribution in [-0.2, 0) is 4.79 Å². The molecule has 0 radical (unpaired) electrons. The molecule has 13 heavy (non-hydrogen) atoms. The summed E-state index contributed by atoms with van der Waals surface area (Å²) >= 11 is 0. The molecule has 1 fully saturated rings. The fourth-order valence-electron chi connectivity index (χ4n) is 2.15. The van der Waals surface area contributed by atoms with Crippen LogP contribution in [0.15, 0.2) is 0 Å². The van der Waals surface area contributed by atoms with Gasteiger partial charge in [-0.2, -0.15) is 0 Å². The van der Waals surface area contributed by atoms with Crippen molar-refractivity contribution in [3.05, 3.63) is 0 Å². The Labute approximate surface area is 78.3 Å². The standard InChI is InChI=1S/C9H18N2O2/c10-6-7-2-1-3-9(13,4-7)5-8(11)12/h7,13H,1-6,10H2,(H2,11,12). The van der Waals surface area contributed by atoms with Gasteiger partial charge >= 0.3 is 0 Å². The fraction of sp³-hybridized carbons (Fsp3) is 0.889. The number of carbonyl (C=O) groups excluding carboxylic acids is 1. The summed E-state index contributed by atoms with van der Waals surface area (Å²) in [5.41, 5.74) is 9.71. The predicted octanol–water partition coefficient (Wildman–Crippen LogP) is -0.258. The molecule has 0 aliphatic heterocycles. The molecule has 2 unspecified atom stereocenters. The highest BCUT2D eigenvalue weighted by molar-refractivity contribution is 5.74. The highest BCUT2D eigenvalue weighted by Gasteiger charge is 2.34. The highest BCUT2D eigenvalue weighted by Crippen LogP contribution is 2.33. The first-order valence-corrected chi connectivity index (χ1v) is 4.76. The van der Waals surface area contributed by atoms with Gasteiger partial charge in [0, 0.05) is 0 Å². The summed E-state index contributed by atoms with van der Waals surface area (Å²) in [6.07, 6.45) is 3.35. The van der Waals surface area contributed by atoms with Crippen molar-refractivity contribution in [3.63, 3.8) is 0 Å². The third kappa shape index (κ3) is 2.97. The lowest BCUT2D eigenvalue weighted by Crippen LogP contribution is -2.40. The number of carbonyl (C=O) groups is 1. The van der Waals surface area contributed by atoms with Crippen LogP contribution in [0.2, 0.25) is 0 Å². The summed E-state index contributed by atoms with van der Waals surface area (Å²) in [6, 6.07) is 0. The van der Waals surface area contributed by atoms with Crippen molar-refractivity contribution in [2.75, 3.05) is 6.54 Å². The zero-order valence-corrected chi connectivity index (χ0v) is 7.83. The molecule has 1 aliphatic rings. The van der Waals surface area contributed by atoms with Crippen molar-refractivity contribution in [3.8, 4) is 0 Å². The monoisotopic (exact) mass is 186 g/mol. The maximum atomic E-state index is 10.7. The van der Waals surface area contributed by atoms with Crippen LogP contribution in [-0.4, -0.2) is 23.2 Å². The van der Waals surface area contributed by atoms with E-state index in [1.807, 2.05) is 0 Å². The molecule has 76 valence electrons. The number of hydrogen-bond donors (Lipinski definition) is 3. The van der Waals surface area contributed by atoms with Gasteiger partial charge in [0.15, 0.2) is 0 Å². The van der Waals surface area contributed by atoms with Crippen molar-refractivity contribution in [2.45, 2.75) is 37.7 Å². The zero-order chi connectivity index (χ0) is 9.90. The van der Waals surface area contributed by atoms with Gasteiger partial charge < -0.3 is 16.6 Å². The smallest absolute Gasteiger partial charge is 0.220 e. The number of amides is 1. The summed E-state index contributed by atoms with van der Waals surface area (Å²) in [4.78, 5) is 10.7. The Morgan fingerprint density at radius 2 is 2.31 bits per heavy atom. The minimum absolute atomic E-state index is 0.0729. The van der Waals surface area contributed by atoms with Crippen LogP contribution in [0.25, 0.3) is 0 Å². The van der Waals surface area contributed by atoms with Crippen LogP contribution in [0, 0.1) is 5.92 Å². The second-order valence-corrected chi connectivity index (χ2v) is 4.07. The molecule has 0 bridgehead atoms. The van der Waals surface area contributed by atoms with E-state index in [9.17, 15) is 9.90 Å². The zero-order valence-electron chi connectivity index (χ0n) is 7.83. The molecule has 0 heterocycles. The van der Waals surface area contributed by atoms with Gasteiger partial charge in [0.1, 0.15) is 0 Å². The molecule has 0 spiro atoms. The van der Waals surface area contributed by atoms with Crippen LogP contribution in [0.3, 0.4) is 0 Å². The van der Waals surface area contributed by atoms with Gasteiger partial charge in [0.2, 0.25) is 5.91 Å². The van der Waals surface area contributed by atoms with Crippen molar-refractivity contribution < 1.29 is 9.90 Å². The molecule has 1 rings (SSSR count). The van der Waals surface area contributed by atoms with Gasteiger partial charge in [0.25, 0.3) is 0 Å². The molecule has 0 saturated heterocycles. The molecular weight excluding hydrogens is 168 g/mol. The molecule has 1 amide bonds. The Bertz CT molecular complexity index is 196. The van der Waals surface area contributed by atoms with Crippen LogP contribution in [0.1, 0.15) is 32.1 Å². The van der Waals surface area contributed by atoms with E-state index in [0.717, 1.165) is 12.8 Å². The minimum Gasteiger partial charge on any atom is -0.389 e. The summed E-state index contributed by atoms with van der Waals surface area (Å²) < 4.78 is 0. The van der Waals surface area contributed by atoms with Crippen molar-refractivity contribution in [2.24, 2.45) is 17.4 Å². The van der Waals surface area contributed by atoms with E-state index in [0.29, 0.717) is 25.3 Å². The largest absolute Gasteiger partial charge is 0.389 e. The number of rotatable bonds is 3. The molecule has 0 aromatic rings. The van der Waals surface area contributed by atoms with E-state index in [2.05, 4.69) is 0 Å². The van der Waals surface area contributed by atoms with Gasteiger partial charge in [-0.15, -0.1) is 0 Å². The Hall–Kier alpha value is -0.610. The number of aliphatic hydroxyl groups is 1. The van der Waals surface area contributed by atoms with Crippen molar-refractivity contribution in [1.29, 1.82) is 0 Å². The lowest BCUT2D eigenvalue weighted by Gasteiger charge is -2.35. The Kier molecular flexibility index (Phi) is 3.27. The fourth-order valence-corrected chi connectivity index (χ4v) is 2.15. The minimum atomic E-state index is -0.881. The molecule has 0 aromatic carbocycles. The normalized spacial score (nSPS) is 34.5. The number of hydrogen-bond acceptors (Lipinski definition) is 3. The van der Waals surface area contributed by atoms with Gasteiger partial charge in [-0.1, -0.05) is 6.42 Å². The first-order valence-electron chi connectivity index (χ1n) is 4.76. The van der Waals surface area contributed by atoms with E-state index in [1.54, 1.807) is 0 Å². The van der Waals surface area contributed by atoms with E-state index in [1.165, 1.54) is 0 Å². The maximum absolute atomic E-state index is 10.7. The summed E-state index contributed by atoms with van der Waals surface area (Å²) in [5.74, 6) is -0.0849. The van der Waals surface area contributed by atoms with Crippen LogP contribution in [0.5, 0.6) is 0 Å². The van der Waals surface area contributed by atoms with Gasteiger partial charge in [-0.25, -0.2) is 0 Å². The highest BCUT2D eigenvalue weighted by atomic mass is 16.3. The molecule has 2 atom stereocenters. The SMILES string of the molecule is NCC1CCCC(O)(CC(N)=O)C1. The second-order valence-electron chi connectivity index (χ2n) is 4.07. The summed E-state index contributed by atoms with van der Waals surface area (Å²) in [7, 11) is 0. The average Bonchev–Trinajstić information content (AvgIpc) is 2.02. The van der Waals surface area contributed by atoms with Gasteiger partial charge in [-0.05, 0) is 31.7 Å². The maximum Gasteiger partial charge on any atom is 0.220 e. The van der Waals surface area contributed by atoms with E-state index >= 15 is 0 Å². The van der Waals surface area contributed by atoms with E-state index < -0.39 is 11.5 Å². The molecule has 1 aliphatic carbocycles. The Morgan fingerprint density at radius 1 is 1.62 bits per heavy atom. The predicted molar refractivity (Wildman–Crippen MR) is 49.8 cm³/mol. The Balaban J connectivity index is 2.51. The average molecular weight is 186 g/mol. The third-order valence-electron chi connectivity index (χ3n) is 2.76. The molecule has 4 heteroatoms. The molecule has 1 saturated carbocycles. The molecular formula is C9H18N2O2. The lowest BCUT2D eigenvalue weighted by atomic mass is 9.76. The van der Waals surface area contributed by atoms with Crippen LogP contribution >= 0.6 is 0 Å². The number of nitrogens with two attached hydrogens (primary N) is 2. The molecule has 5 N–H and O–H groups in total. The quantitative estimate of drug-likeness (QED) is 0.567. The van der Waals surface area contributed by atoms with E-state index in [-0.39, 0.29) is 6.42 Å². The first kappa shape index (κ1) is 10.5. The van der Waals surface area contributed by atoms with Crippen LogP contribution in [0.4, 0.5) is 0 Å². The van der Waals surface area contributed by atoms with Crippen LogP contribution < -0.4 is 11.5 Å². The molecule has 0 aromatic heterocycles. The first-order chi connectivity index (χ1) is 6.06. The van der Waals surface area contributed by atoms with E-state index in [4.69, 9.17) is 11.5 Å². The summed E-state index contributed by atoms with van der Waals surface area (Å²) in [5, 5.41) is 9.99. The summed E-state index contributed by atoms with van der Waals surface area (Å²) in [6.45, 7) is 0.584. The third-order valence-corrected chi connectivity index (χ3v) is 2.76.